The van der Waals surface area contributed by atoms with Crippen LogP contribution in [0.1, 0.15) is 88.2 Å². The van der Waals surface area contributed by atoms with Gasteiger partial charge in [-0.2, -0.15) is 0 Å². The fraction of sp³-hybridized carbons (Fsp3) is 0.556. The molecule has 0 amide bonds. The summed E-state index contributed by atoms with van der Waals surface area (Å²) < 4.78 is 54.2. The van der Waals surface area contributed by atoms with E-state index in [1.807, 2.05) is 6.07 Å². The first-order valence-corrected chi connectivity index (χ1v) is 11.6. The van der Waals surface area contributed by atoms with E-state index >= 15 is 0 Å². The van der Waals surface area contributed by atoms with E-state index in [1.54, 1.807) is 18.2 Å². The van der Waals surface area contributed by atoms with Crippen LogP contribution in [0, 0.1) is 29.3 Å². The molecule has 2 saturated carbocycles. The Balaban J connectivity index is 0.00000132. The third-order valence-corrected chi connectivity index (χ3v) is 7.34. The zero-order chi connectivity index (χ0) is 22.5. The molecule has 0 radical (unpaired) electrons. The number of hydrogen-bond acceptors (Lipinski definition) is 0. The Hall–Kier alpha value is -1.84. The van der Waals surface area contributed by atoms with Crippen molar-refractivity contribution < 1.29 is 17.6 Å². The molecule has 0 atom stereocenters. The quantitative estimate of drug-likeness (QED) is 0.423. The average Bonchev–Trinajstić information content (AvgIpc) is 2.79. The number of hydrogen-bond donors (Lipinski definition) is 0. The highest BCUT2D eigenvalue weighted by molar-refractivity contribution is 5.66. The van der Waals surface area contributed by atoms with Crippen molar-refractivity contribution in [2.45, 2.75) is 77.0 Å². The van der Waals surface area contributed by atoms with Crippen molar-refractivity contribution in [2.24, 2.45) is 11.8 Å². The fourth-order valence-corrected chi connectivity index (χ4v) is 5.26. The highest BCUT2D eigenvalue weighted by Crippen LogP contribution is 2.40. The van der Waals surface area contributed by atoms with Gasteiger partial charge in [0.15, 0.2) is 11.6 Å². The molecular formula is C27H34F4. The van der Waals surface area contributed by atoms with Crippen LogP contribution in [-0.4, -0.2) is 7.18 Å². The highest BCUT2D eigenvalue weighted by Gasteiger charge is 2.26. The van der Waals surface area contributed by atoms with E-state index in [9.17, 15) is 17.6 Å². The summed E-state index contributed by atoms with van der Waals surface area (Å²) in [6.07, 6.45) is 8.33. The molecule has 0 N–H and O–H groups in total. The Morgan fingerprint density at radius 1 is 0.613 bits per heavy atom. The second-order valence-corrected chi connectivity index (χ2v) is 9.48. The number of alkyl halides is 1. The molecule has 2 aromatic rings. The summed E-state index contributed by atoms with van der Waals surface area (Å²) in [4.78, 5) is 0. The summed E-state index contributed by atoms with van der Waals surface area (Å²) >= 11 is 0. The van der Waals surface area contributed by atoms with E-state index in [-0.39, 0.29) is 17.0 Å². The summed E-state index contributed by atoms with van der Waals surface area (Å²) in [5.74, 6) is -0.357. The molecule has 0 spiro atoms. The van der Waals surface area contributed by atoms with Crippen molar-refractivity contribution in [1.82, 2.24) is 0 Å². The van der Waals surface area contributed by atoms with Crippen LogP contribution in [0.15, 0.2) is 30.3 Å². The molecule has 31 heavy (non-hydrogen) atoms. The Morgan fingerprint density at radius 2 is 1.13 bits per heavy atom. The van der Waals surface area contributed by atoms with Crippen LogP contribution in [0.25, 0.3) is 11.1 Å². The minimum atomic E-state index is -0.917. The third-order valence-electron chi connectivity index (χ3n) is 7.34. The molecule has 0 saturated heterocycles. The Kier molecular flexibility index (Phi) is 8.18. The van der Waals surface area contributed by atoms with Crippen LogP contribution >= 0.6 is 0 Å². The van der Waals surface area contributed by atoms with Gasteiger partial charge in [0.1, 0.15) is 5.82 Å². The summed E-state index contributed by atoms with van der Waals surface area (Å²) in [6, 6.07) is 8.29. The van der Waals surface area contributed by atoms with Crippen molar-refractivity contribution in [1.29, 1.82) is 0 Å². The lowest BCUT2D eigenvalue weighted by Crippen LogP contribution is -2.13. The standard InChI is InChI=1S/C26H31F3.CH3F/c1-16-3-7-18(8-4-16)20-11-12-22(24(27)15-20)23-14-13-21(25(28)26(23)29)19-9-5-17(2)6-10-19;1-2/h11-19H,3-10H2,1-2H3;1H3. The van der Waals surface area contributed by atoms with Gasteiger partial charge in [0, 0.05) is 11.1 Å². The van der Waals surface area contributed by atoms with Gasteiger partial charge in [-0.05, 0) is 66.5 Å². The van der Waals surface area contributed by atoms with Gasteiger partial charge in [0.05, 0.1) is 7.18 Å². The summed E-state index contributed by atoms with van der Waals surface area (Å²) in [6.45, 7) is 4.46. The molecule has 2 aliphatic carbocycles. The Labute approximate surface area is 184 Å². The van der Waals surface area contributed by atoms with Crippen LogP contribution in [-0.2, 0) is 0 Å². The molecule has 170 valence electrons. The van der Waals surface area contributed by atoms with Gasteiger partial charge in [-0.1, -0.05) is 63.8 Å². The van der Waals surface area contributed by atoms with Gasteiger partial charge in [0.2, 0.25) is 0 Å². The van der Waals surface area contributed by atoms with E-state index in [2.05, 4.69) is 13.8 Å². The van der Waals surface area contributed by atoms with Crippen molar-refractivity contribution in [3.05, 3.63) is 58.9 Å². The van der Waals surface area contributed by atoms with E-state index in [4.69, 9.17) is 0 Å². The lowest BCUT2D eigenvalue weighted by molar-refractivity contribution is 0.339. The van der Waals surface area contributed by atoms with Gasteiger partial charge in [-0.3, -0.25) is 4.39 Å². The first kappa shape index (κ1) is 23.8. The third kappa shape index (κ3) is 5.32. The summed E-state index contributed by atoms with van der Waals surface area (Å²) in [5, 5.41) is 0. The van der Waals surface area contributed by atoms with Crippen LogP contribution in [0.5, 0.6) is 0 Å². The molecular weight excluding hydrogens is 400 g/mol. The first-order valence-electron chi connectivity index (χ1n) is 11.6. The average molecular weight is 435 g/mol. The molecule has 0 bridgehead atoms. The minimum Gasteiger partial charge on any atom is -0.255 e. The van der Waals surface area contributed by atoms with Crippen molar-refractivity contribution in [3.63, 3.8) is 0 Å². The number of benzene rings is 2. The van der Waals surface area contributed by atoms with E-state index in [0.717, 1.165) is 62.8 Å². The topological polar surface area (TPSA) is 0 Å². The monoisotopic (exact) mass is 434 g/mol. The highest BCUT2D eigenvalue weighted by atomic mass is 19.2. The van der Waals surface area contributed by atoms with Gasteiger partial charge < -0.3 is 0 Å². The number of rotatable bonds is 3. The maximum atomic E-state index is 14.9. The van der Waals surface area contributed by atoms with Gasteiger partial charge in [-0.15, -0.1) is 0 Å². The minimum absolute atomic E-state index is 0.0248. The maximum absolute atomic E-state index is 14.9. The SMILES string of the molecule is CC1CCC(c2ccc(-c3ccc(C4CCC(C)CC4)c(F)c3F)c(F)c2)CC1.CF. The lowest BCUT2D eigenvalue weighted by atomic mass is 9.78. The molecule has 2 aromatic carbocycles. The predicted octanol–water partition coefficient (Wildman–Crippen LogP) is 8.94. The molecule has 4 heteroatoms. The van der Waals surface area contributed by atoms with E-state index in [1.165, 1.54) is 6.07 Å². The normalized spacial score (nSPS) is 26.2. The van der Waals surface area contributed by atoms with Gasteiger partial charge in [-0.25, -0.2) is 13.2 Å². The molecule has 0 aliphatic heterocycles. The zero-order valence-electron chi connectivity index (χ0n) is 18.9. The maximum Gasteiger partial charge on any atom is 0.167 e. The Morgan fingerprint density at radius 3 is 1.68 bits per heavy atom. The molecule has 2 aliphatic rings. The van der Waals surface area contributed by atoms with E-state index < -0.39 is 17.5 Å². The van der Waals surface area contributed by atoms with Gasteiger partial charge in [0.25, 0.3) is 0 Å². The second-order valence-electron chi connectivity index (χ2n) is 9.48. The molecule has 0 heterocycles. The van der Waals surface area contributed by atoms with Crippen molar-refractivity contribution in [2.75, 3.05) is 7.18 Å². The predicted molar refractivity (Wildman–Crippen MR) is 120 cm³/mol. The summed E-state index contributed by atoms with van der Waals surface area (Å²) in [5.41, 5.74) is 1.60. The van der Waals surface area contributed by atoms with Gasteiger partial charge >= 0.3 is 0 Å². The first-order chi connectivity index (χ1) is 14.9. The van der Waals surface area contributed by atoms with Crippen molar-refractivity contribution >= 4 is 0 Å². The number of halogens is 4. The molecule has 2 fully saturated rings. The van der Waals surface area contributed by atoms with E-state index in [0.29, 0.717) is 24.6 Å². The fourth-order valence-electron chi connectivity index (χ4n) is 5.26. The largest absolute Gasteiger partial charge is 0.255 e. The molecule has 0 nitrogen and oxygen atoms in total. The summed E-state index contributed by atoms with van der Waals surface area (Å²) in [7, 11) is 0.500. The zero-order valence-corrected chi connectivity index (χ0v) is 18.9. The molecule has 0 aromatic heterocycles. The van der Waals surface area contributed by atoms with Crippen LogP contribution in [0.4, 0.5) is 17.6 Å². The smallest absolute Gasteiger partial charge is 0.167 e. The van der Waals surface area contributed by atoms with Crippen LogP contribution in [0.3, 0.4) is 0 Å². The Bertz CT molecular complexity index is 860. The van der Waals surface area contributed by atoms with Crippen LogP contribution in [0.2, 0.25) is 0 Å². The molecule has 0 unspecified atom stereocenters. The molecule has 4 rings (SSSR count). The second kappa shape index (κ2) is 10.7. The van der Waals surface area contributed by atoms with Crippen LogP contribution < -0.4 is 0 Å². The van der Waals surface area contributed by atoms with Crippen molar-refractivity contribution in [3.8, 4) is 11.1 Å². The lowest BCUT2D eigenvalue weighted by Gasteiger charge is -2.27.